The lowest BCUT2D eigenvalue weighted by Crippen LogP contribution is -2.05. The van der Waals surface area contributed by atoms with Crippen LogP contribution in [-0.2, 0) is 0 Å². The van der Waals surface area contributed by atoms with E-state index in [2.05, 4.69) is 0 Å². The lowest BCUT2D eigenvalue weighted by atomic mass is 9.97. The van der Waals surface area contributed by atoms with E-state index in [4.69, 9.17) is 4.42 Å². The number of rotatable bonds is 1. The van der Waals surface area contributed by atoms with Gasteiger partial charge in [0.2, 0.25) is 0 Å². The molecule has 0 aliphatic heterocycles. The molecule has 0 unspecified atom stereocenters. The van der Waals surface area contributed by atoms with Crippen LogP contribution < -0.4 is 5.63 Å². The molecule has 0 aliphatic carbocycles. The van der Waals surface area contributed by atoms with Crippen molar-refractivity contribution in [1.82, 2.24) is 0 Å². The second-order valence-electron chi connectivity index (χ2n) is 4.86. The summed E-state index contributed by atoms with van der Waals surface area (Å²) in [6.45, 7) is 3.90. The minimum Gasteiger partial charge on any atom is -0.506 e. The maximum atomic E-state index is 12.2. The van der Waals surface area contributed by atoms with E-state index in [-0.39, 0.29) is 11.3 Å². The summed E-state index contributed by atoms with van der Waals surface area (Å²) in [5, 5.41) is 11.0. The zero-order valence-corrected chi connectivity index (χ0v) is 11.3. The van der Waals surface area contributed by atoms with E-state index in [0.29, 0.717) is 16.5 Å². The van der Waals surface area contributed by atoms with Gasteiger partial charge in [0.05, 0.1) is 5.39 Å². The summed E-state index contributed by atoms with van der Waals surface area (Å²) < 4.78 is 5.31. The molecule has 3 rings (SSSR count). The fourth-order valence-corrected chi connectivity index (χ4v) is 2.39. The van der Waals surface area contributed by atoms with Crippen molar-refractivity contribution in [1.29, 1.82) is 0 Å². The molecule has 3 nitrogen and oxygen atoms in total. The molecule has 3 heteroatoms. The quantitative estimate of drug-likeness (QED) is 0.682. The minimum absolute atomic E-state index is 0.0226. The van der Waals surface area contributed by atoms with Gasteiger partial charge in [0.1, 0.15) is 16.9 Å². The van der Waals surface area contributed by atoms with E-state index in [1.807, 2.05) is 32.0 Å². The van der Waals surface area contributed by atoms with Crippen molar-refractivity contribution in [3.63, 3.8) is 0 Å². The Labute approximate surface area is 116 Å². The second kappa shape index (κ2) is 4.53. The Kier molecular flexibility index (Phi) is 2.83. The largest absolute Gasteiger partial charge is 0.506 e. The van der Waals surface area contributed by atoms with E-state index < -0.39 is 5.63 Å². The van der Waals surface area contributed by atoms with Gasteiger partial charge in [-0.3, -0.25) is 0 Å². The zero-order valence-electron chi connectivity index (χ0n) is 11.3. The molecule has 0 radical (unpaired) electrons. The highest BCUT2D eigenvalue weighted by Crippen LogP contribution is 2.34. The number of aryl methyl sites for hydroxylation is 1. The Bertz CT molecular complexity index is 860. The Morgan fingerprint density at radius 1 is 1.00 bits per heavy atom. The third-order valence-electron chi connectivity index (χ3n) is 3.66. The number of benzene rings is 2. The Morgan fingerprint density at radius 2 is 1.75 bits per heavy atom. The smallest absolute Gasteiger partial charge is 0.347 e. The van der Waals surface area contributed by atoms with Gasteiger partial charge in [-0.2, -0.15) is 0 Å². The first-order valence-corrected chi connectivity index (χ1v) is 6.41. The van der Waals surface area contributed by atoms with Crippen molar-refractivity contribution in [2.45, 2.75) is 13.8 Å². The highest BCUT2D eigenvalue weighted by atomic mass is 16.4. The predicted octanol–water partition coefficient (Wildman–Crippen LogP) is 3.78. The van der Waals surface area contributed by atoms with Crippen molar-refractivity contribution >= 4 is 11.0 Å². The second-order valence-corrected chi connectivity index (χ2v) is 4.86. The SMILES string of the molecule is Cc1cccc(-c2c(O)c3ccccc3oc2=O)c1C. The molecule has 0 amide bonds. The van der Waals surface area contributed by atoms with Crippen molar-refractivity contribution in [2.24, 2.45) is 0 Å². The minimum atomic E-state index is -0.519. The fraction of sp³-hybridized carbons (Fsp3) is 0.118. The average Bonchev–Trinajstić information content (AvgIpc) is 2.43. The first-order chi connectivity index (χ1) is 9.59. The summed E-state index contributed by atoms with van der Waals surface area (Å²) >= 11 is 0. The van der Waals surface area contributed by atoms with Gasteiger partial charge in [-0.05, 0) is 42.7 Å². The van der Waals surface area contributed by atoms with E-state index in [1.165, 1.54) is 0 Å². The summed E-state index contributed by atoms with van der Waals surface area (Å²) in [7, 11) is 0. The molecule has 20 heavy (non-hydrogen) atoms. The molecule has 0 saturated carbocycles. The maximum Gasteiger partial charge on any atom is 0.347 e. The van der Waals surface area contributed by atoms with Gasteiger partial charge in [0.25, 0.3) is 0 Å². The number of para-hydroxylation sites is 1. The van der Waals surface area contributed by atoms with Gasteiger partial charge in [-0.25, -0.2) is 4.79 Å². The molecular weight excluding hydrogens is 252 g/mol. The summed E-state index contributed by atoms with van der Waals surface area (Å²) in [5.74, 6) is -0.0226. The molecule has 1 aromatic heterocycles. The lowest BCUT2D eigenvalue weighted by molar-refractivity contribution is 0.471. The van der Waals surface area contributed by atoms with E-state index >= 15 is 0 Å². The number of hydrogen-bond donors (Lipinski definition) is 1. The monoisotopic (exact) mass is 266 g/mol. The highest BCUT2D eigenvalue weighted by molar-refractivity contribution is 5.90. The van der Waals surface area contributed by atoms with E-state index in [9.17, 15) is 9.90 Å². The van der Waals surface area contributed by atoms with Gasteiger partial charge >= 0.3 is 5.63 Å². The van der Waals surface area contributed by atoms with Gasteiger partial charge < -0.3 is 9.52 Å². The first kappa shape index (κ1) is 12.5. The van der Waals surface area contributed by atoms with Crippen LogP contribution in [0.2, 0.25) is 0 Å². The maximum absolute atomic E-state index is 12.2. The van der Waals surface area contributed by atoms with Crippen molar-refractivity contribution in [3.8, 4) is 16.9 Å². The highest BCUT2D eigenvalue weighted by Gasteiger charge is 2.17. The van der Waals surface area contributed by atoms with Gasteiger partial charge in [0.15, 0.2) is 0 Å². The number of fused-ring (bicyclic) bond motifs is 1. The fourth-order valence-electron chi connectivity index (χ4n) is 2.39. The molecule has 0 saturated heterocycles. The summed E-state index contributed by atoms with van der Waals surface area (Å²) in [4.78, 5) is 12.2. The molecule has 0 spiro atoms. The normalized spacial score (nSPS) is 10.9. The van der Waals surface area contributed by atoms with Crippen molar-refractivity contribution < 1.29 is 9.52 Å². The first-order valence-electron chi connectivity index (χ1n) is 6.41. The topological polar surface area (TPSA) is 50.4 Å². The molecule has 0 bridgehead atoms. The van der Waals surface area contributed by atoms with Crippen LogP contribution in [0.1, 0.15) is 11.1 Å². The standard InChI is InChI=1S/C17H14O3/c1-10-6-5-8-12(11(10)2)15-16(18)13-7-3-4-9-14(13)20-17(15)19/h3-9,18H,1-2H3. The third kappa shape index (κ3) is 1.79. The van der Waals surface area contributed by atoms with Gasteiger partial charge in [0, 0.05) is 0 Å². The van der Waals surface area contributed by atoms with Crippen LogP contribution in [0.4, 0.5) is 0 Å². The van der Waals surface area contributed by atoms with Crippen LogP contribution >= 0.6 is 0 Å². The van der Waals surface area contributed by atoms with Gasteiger partial charge in [-0.1, -0.05) is 30.3 Å². The van der Waals surface area contributed by atoms with Crippen LogP contribution in [0.25, 0.3) is 22.1 Å². The Hall–Kier alpha value is -2.55. The Balaban J connectivity index is 2.43. The molecule has 2 aromatic carbocycles. The van der Waals surface area contributed by atoms with Crippen molar-refractivity contribution in [3.05, 3.63) is 64.0 Å². The number of aromatic hydroxyl groups is 1. The van der Waals surface area contributed by atoms with E-state index in [0.717, 1.165) is 11.1 Å². The number of hydrogen-bond acceptors (Lipinski definition) is 3. The Morgan fingerprint density at radius 3 is 2.55 bits per heavy atom. The molecule has 3 aromatic rings. The van der Waals surface area contributed by atoms with Crippen LogP contribution in [0, 0.1) is 13.8 Å². The summed E-state index contributed by atoms with van der Waals surface area (Å²) in [5.41, 5.74) is 2.84. The predicted molar refractivity (Wildman–Crippen MR) is 79.1 cm³/mol. The molecule has 1 N–H and O–H groups in total. The molecular formula is C17H14O3. The molecule has 0 aliphatic rings. The van der Waals surface area contributed by atoms with Crippen molar-refractivity contribution in [2.75, 3.05) is 0 Å². The summed E-state index contributed by atoms with van der Waals surface area (Å²) in [6.07, 6.45) is 0. The average molecular weight is 266 g/mol. The molecule has 0 fully saturated rings. The third-order valence-corrected chi connectivity index (χ3v) is 3.66. The molecule has 100 valence electrons. The van der Waals surface area contributed by atoms with Crippen LogP contribution in [-0.4, -0.2) is 5.11 Å². The lowest BCUT2D eigenvalue weighted by Gasteiger charge is -2.10. The van der Waals surface area contributed by atoms with Crippen LogP contribution in [0.3, 0.4) is 0 Å². The van der Waals surface area contributed by atoms with Crippen LogP contribution in [0.5, 0.6) is 5.75 Å². The zero-order chi connectivity index (χ0) is 14.3. The molecule has 0 atom stereocenters. The van der Waals surface area contributed by atoms with Gasteiger partial charge in [-0.15, -0.1) is 0 Å². The van der Waals surface area contributed by atoms with E-state index in [1.54, 1.807) is 24.3 Å². The molecule has 1 heterocycles. The van der Waals surface area contributed by atoms with Crippen LogP contribution in [0.15, 0.2) is 51.7 Å². The summed E-state index contributed by atoms with van der Waals surface area (Å²) in [6, 6.07) is 12.6.